The van der Waals surface area contributed by atoms with Gasteiger partial charge in [-0.1, -0.05) is 24.3 Å². The van der Waals surface area contributed by atoms with Gasteiger partial charge in [-0.3, -0.25) is 0 Å². The van der Waals surface area contributed by atoms with E-state index in [1.165, 1.54) is 0 Å². The molecule has 0 aliphatic carbocycles. The van der Waals surface area contributed by atoms with Crippen molar-refractivity contribution in [3.63, 3.8) is 0 Å². The second-order valence-corrected chi connectivity index (χ2v) is 4.83. The maximum absolute atomic E-state index is 5.48. The normalized spacial score (nSPS) is 11.1. The average Bonchev–Trinajstić information content (AvgIpc) is 2.97. The molecule has 4 rings (SSSR count). The minimum absolute atomic E-state index is 0.618. The third kappa shape index (κ3) is 1.84. The summed E-state index contributed by atoms with van der Waals surface area (Å²) in [6.07, 6.45) is 3.78. The number of methoxy groups -OCH3 is 1. The molecule has 0 radical (unpaired) electrons. The monoisotopic (exact) mass is 275 g/mol. The van der Waals surface area contributed by atoms with Crippen molar-refractivity contribution in [1.29, 1.82) is 0 Å². The van der Waals surface area contributed by atoms with Crippen molar-refractivity contribution >= 4 is 16.4 Å². The van der Waals surface area contributed by atoms with Gasteiger partial charge in [0.2, 0.25) is 5.88 Å². The van der Waals surface area contributed by atoms with Gasteiger partial charge in [0.1, 0.15) is 0 Å². The van der Waals surface area contributed by atoms with E-state index in [9.17, 15) is 0 Å². The second kappa shape index (κ2) is 4.59. The van der Waals surface area contributed by atoms with E-state index < -0.39 is 0 Å². The van der Waals surface area contributed by atoms with E-state index in [2.05, 4.69) is 22.2 Å². The Morgan fingerprint density at radius 2 is 1.86 bits per heavy atom. The number of pyridine rings is 2. The van der Waals surface area contributed by atoms with Gasteiger partial charge in [0.15, 0.2) is 0 Å². The van der Waals surface area contributed by atoms with Crippen LogP contribution in [0.3, 0.4) is 0 Å². The highest BCUT2D eigenvalue weighted by atomic mass is 16.5. The van der Waals surface area contributed by atoms with Crippen molar-refractivity contribution in [3.05, 3.63) is 60.9 Å². The molecule has 0 amide bonds. The van der Waals surface area contributed by atoms with E-state index in [1.54, 1.807) is 7.11 Å². The zero-order valence-electron chi connectivity index (χ0n) is 11.5. The molecule has 21 heavy (non-hydrogen) atoms. The van der Waals surface area contributed by atoms with Crippen molar-refractivity contribution in [2.75, 3.05) is 7.11 Å². The van der Waals surface area contributed by atoms with Crippen LogP contribution >= 0.6 is 0 Å². The largest absolute Gasteiger partial charge is 0.481 e. The lowest BCUT2D eigenvalue weighted by Crippen LogP contribution is -1.92. The Bertz CT molecular complexity index is 943. The molecule has 0 aliphatic heterocycles. The Kier molecular flexibility index (Phi) is 2.60. The number of hydrogen-bond donors (Lipinski definition) is 0. The third-order valence-corrected chi connectivity index (χ3v) is 3.60. The molecule has 4 aromatic rings. The van der Waals surface area contributed by atoms with Gasteiger partial charge in [-0.25, -0.2) is 9.50 Å². The minimum Gasteiger partial charge on any atom is -0.481 e. The first-order valence-corrected chi connectivity index (χ1v) is 6.73. The molecule has 4 heteroatoms. The van der Waals surface area contributed by atoms with Crippen LogP contribution in [-0.4, -0.2) is 21.7 Å². The number of aromatic nitrogens is 3. The SMILES string of the molecule is COc1nc2ccccc2cc1-c1cnn2ccccc12. The van der Waals surface area contributed by atoms with Crippen LogP contribution in [0.15, 0.2) is 60.9 Å². The van der Waals surface area contributed by atoms with E-state index >= 15 is 0 Å². The number of para-hydroxylation sites is 1. The zero-order valence-corrected chi connectivity index (χ0v) is 11.5. The highest BCUT2D eigenvalue weighted by Crippen LogP contribution is 2.33. The Hall–Kier alpha value is -2.88. The van der Waals surface area contributed by atoms with Crippen molar-refractivity contribution in [3.8, 4) is 17.0 Å². The molecule has 3 heterocycles. The second-order valence-electron chi connectivity index (χ2n) is 4.83. The molecule has 3 aromatic heterocycles. The Morgan fingerprint density at radius 1 is 1.00 bits per heavy atom. The van der Waals surface area contributed by atoms with E-state index in [-0.39, 0.29) is 0 Å². The first kappa shape index (κ1) is 11.9. The van der Waals surface area contributed by atoms with Gasteiger partial charge in [0, 0.05) is 22.7 Å². The summed E-state index contributed by atoms with van der Waals surface area (Å²) in [4.78, 5) is 4.60. The van der Waals surface area contributed by atoms with Crippen molar-refractivity contribution in [2.24, 2.45) is 0 Å². The summed E-state index contributed by atoms with van der Waals surface area (Å²) in [5, 5.41) is 5.47. The van der Waals surface area contributed by atoms with Gasteiger partial charge in [-0.2, -0.15) is 5.10 Å². The zero-order chi connectivity index (χ0) is 14.2. The fraction of sp³-hybridized carbons (Fsp3) is 0.0588. The first-order chi connectivity index (χ1) is 10.4. The van der Waals surface area contributed by atoms with E-state index in [1.807, 2.05) is 53.3 Å². The maximum Gasteiger partial charge on any atom is 0.221 e. The van der Waals surface area contributed by atoms with Gasteiger partial charge in [0.25, 0.3) is 0 Å². The quantitative estimate of drug-likeness (QED) is 0.561. The number of hydrogen-bond acceptors (Lipinski definition) is 3. The van der Waals surface area contributed by atoms with Gasteiger partial charge in [-0.15, -0.1) is 0 Å². The fourth-order valence-corrected chi connectivity index (χ4v) is 2.59. The van der Waals surface area contributed by atoms with Crippen molar-refractivity contribution < 1.29 is 4.74 Å². The molecule has 1 aromatic carbocycles. The summed E-state index contributed by atoms with van der Waals surface area (Å²) < 4.78 is 7.33. The lowest BCUT2D eigenvalue weighted by atomic mass is 10.1. The van der Waals surface area contributed by atoms with Gasteiger partial charge in [-0.05, 0) is 24.3 Å². The molecule has 0 N–H and O–H groups in total. The van der Waals surface area contributed by atoms with Crippen molar-refractivity contribution in [2.45, 2.75) is 0 Å². The molecule has 4 nitrogen and oxygen atoms in total. The number of rotatable bonds is 2. The summed E-state index contributed by atoms with van der Waals surface area (Å²) in [7, 11) is 1.65. The van der Waals surface area contributed by atoms with Gasteiger partial charge >= 0.3 is 0 Å². The molecule has 0 fully saturated rings. The average molecular weight is 275 g/mol. The van der Waals surface area contributed by atoms with E-state index in [0.29, 0.717) is 5.88 Å². The molecule has 0 saturated heterocycles. The van der Waals surface area contributed by atoms with Crippen LogP contribution in [0.5, 0.6) is 5.88 Å². The minimum atomic E-state index is 0.618. The number of ether oxygens (including phenoxy) is 1. The summed E-state index contributed by atoms with van der Waals surface area (Å²) in [6.45, 7) is 0. The molecule has 0 spiro atoms. The summed E-state index contributed by atoms with van der Waals surface area (Å²) in [6, 6.07) is 16.1. The predicted molar refractivity (Wildman–Crippen MR) is 82.5 cm³/mol. The van der Waals surface area contributed by atoms with Gasteiger partial charge < -0.3 is 4.74 Å². The lowest BCUT2D eigenvalue weighted by Gasteiger charge is -2.08. The third-order valence-electron chi connectivity index (χ3n) is 3.60. The Balaban J connectivity index is 2.04. The smallest absolute Gasteiger partial charge is 0.221 e. The molecule has 0 atom stereocenters. The topological polar surface area (TPSA) is 39.4 Å². The number of fused-ring (bicyclic) bond motifs is 2. The van der Waals surface area contributed by atoms with Crippen LogP contribution in [0.4, 0.5) is 0 Å². The van der Waals surface area contributed by atoms with E-state index in [0.717, 1.165) is 27.5 Å². The predicted octanol–water partition coefficient (Wildman–Crippen LogP) is 3.56. The van der Waals surface area contributed by atoms with Crippen LogP contribution in [-0.2, 0) is 0 Å². The van der Waals surface area contributed by atoms with Crippen LogP contribution in [0.25, 0.3) is 27.5 Å². The Labute approximate surface area is 121 Å². The number of benzene rings is 1. The van der Waals surface area contributed by atoms with Gasteiger partial charge in [0.05, 0.1) is 24.3 Å². The van der Waals surface area contributed by atoms with Crippen LogP contribution in [0.1, 0.15) is 0 Å². The van der Waals surface area contributed by atoms with Crippen LogP contribution < -0.4 is 4.74 Å². The Morgan fingerprint density at radius 3 is 2.76 bits per heavy atom. The summed E-state index contributed by atoms with van der Waals surface area (Å²) >= 11 is 0. The maximum atomic E-state index is 5.48. The molecular formula is C17H13N3O. The fourth-order valence-electron chi connectivity index (χ4n) is 2.59. The summed E-state index contributed by atoms with van der Waals surface area (Å²) in [5.74, 6) is 0.618. The lowest BCUT2D eigenvalue weighted by molar-refractivity contribution is 0.401. The molecule has 102 valence electrons. The molecule has 0 aliphatic rings. The summed E-state index contributed by atoms with van der Waals surface area (Å²) in [5.41, 5.74) is 3.94. The molecule has 0 bridgehead atoms. The van der Waals surface area contributed by atoms with Crippen LogP contribution in [0, 0.1) is 0 Å². The molecule has 0 saturated carbocycles. The highest BCUT2D eigenvalue weighted by molar-refractivity contribution is 5.90. The van der Waals surface area contributed by atoms with Crippen molar-refractivity contribution in [1.82, 2.24) is 14.6 Å². The molecule has 0 unspecified atom stereocenters. The van der Waals surface area contributed by atoms with Crippen LogP contribution in [0.2, 0.25) is 0 Å². The van der Waals surface area contributed by atoms with E-state index in [4.69, 9.17) is 4.74 Å². The standard InChI is InChI=1S/C17H13N3O/c1-21-17-13(10-12-6-2-3-7-15(12)19-17)14-11-18-20-9-5-4-8-16(14)20/h2-11H,1H3. The first-order valence-electron chi connectivity index (χ1n) is 6.73. The highest BCUT2D eigenvalue weighted by Gasteiger charge is 2.13. The number of nitrogens with zero attached hydrogens (tertiary/aromatic N) is 3. The molecular weight excluding hydrogens is 262 g/mol.